The van der Waals surface area contributed by atoms with Gasteiger partial charge in [0.15, 0.2) is 0 Å². The number of amides is 3. The average Bonchev–Trinajstić information content (AvgIpc) is 3.41. The predicted octanol–water partition coefficient (Wildman–Crippen LogP) is 7.02. The molecule has 12 heteroatoms. The van der Waals surface area contributed by atoms with E-state index in [9.17, 15) is 14.4 Å². The lowest BCUT2D eigenvalue weighted by Gasteiger charge is -2.47. The van der Waals surface area contributed by atoms with Crippen molar-refractivity contribution in [3.63, 3.8) is 0 Å². The van der Waals surface area contributed by atoms with Crippen molar-refractivity contribution in [3.05, 3.63) is 90.1 Å². The molecule has 282 valence electrons. The van der Waals surface area contributed by atoms with Crippen LogP contribution in [0.15, 0.2) is 79.0 Å². The number of ether oxygens (including phenoxy) is 4. The molecule has 1 saturated carbocycles. The van der Waals surface area contributed by atoms with Crippen molar-refractivity contribution >= 4 is 24.0 Å². The van der Waals surface area contributed by atoms with Crippen LogP contribution in [-0.4, -0.2) is 100 Å². The molecular formula is C41H51N5O7. The molecule has 3 aliphatic heterocycles. The summed E-state index contributed by atoms with van der Waals surface area (Å²) in [4.78, 5) is 51.8. The number of aromatic nitrogens is 1. The lowest BCUT2D eigenvalue weighted by atomic mass is 9.86. The van der Waals surface area contributed by atoms with E-state index in [1.54, 1.807) is 11.1 Å². The van der Waals surface area contributed by atoms with Crippen molar-refractivity contribution in [1.82, 2.24) is 19.7 Å². The summed E-state index contributed by atoms with van der Waals surface area (Å²) in [5.74, 6) is 0.556. The fourth-order valence-corrected chi connectivity index (χ4v) is 7.98. The van der Waals surface area contributed by atoms with Crippen LogP contribution in [0, 0.1) is 0 Å². The Labute approximate surface area is 311 Å². The molecule has 2 unspecified atom stereocenters. The fourth-order valence-electron chi connectivity index (χ4n) is 7.98. The van der Waals surface area contributed by atoms with Crippen LogP contribution in [0.25, 0.3) is 0 Å². The second kappa shape index (κ2) is 15.9. The number of fused-ring (bicyclic) bond motifs is 2. The molecule has 0 radical (unpaired) electrons. The number of pyridine rings is 1. The molecule has 53 heavy (non-hydrogen) atoms. The largest absolute Gasteiger partial charge is 0.474 e. The van der Waals surface area contributed by atoms with Crippen LogP contribution in [0.3, 0.4) is 0 Å². The molecule has 2 atom stereocenters. The van der Waals surface area contributed by atoms with Gasteiger partial charge in [-0.05, 0) is 63.6 Å². The van der Waals surface area contributed by atoms with Crippen LogP contribution in [0.4, 0.5) is 20.1 Å². The van der Waals surface area contributed by atoms with Gasteiger partial charge in [0.25, 0.3) is 0 Å². The van der Waals surface area contributed by atoms with E-state index in [4.69, 9.17) is 18.9 Å². The first kappa shape index (κ1) is 36.4. The molecule has 3 saturated heterocycles. The number of hydrogen-bond donors (Lipinski definition) is 0. The number of hydrogen-bond acceptors (Lipinski definition) is 9. The summed E-state index contributed by atoms with van der Waals surface area (Å²) in [5.41, 5.74) is 2.39. The molecule has 2 bridgehead atoms. The van der Waals surface area contributed by atoms with Crippen molar-refractivity contribution in [2.75, 3.05) is 31.1 Å². The Morgan fingerprint density at radius 3 is 1.96 bits per heavy atom. The maximum atomic E-state index is 13.7. The van der Waals surface area contributed by atoms with Gasteiger partial charge in [-0.15, -0.1) is 0 Å². The van der Waals surface area contributed by atoms with E-state index in [0.717, 1.165) is 29.7 Å². The van der Waals surface area contributed by atoms with Crippen LogP contribution >= 0.6 is 0 Å². The van der Waals surface area contributed by atoms with Crippen LogP contribution < -0.4 is 9.64 Å². The minimum absolute atomic E-state index is 0.0511. The lowest BCUT2D eigenvalue weighted by Crippen LogP contribution is -2.58. The van der Waals surface area contributed by atoms with Gasteiger partial charge < -0.3 is 38.5 Å². The maximum Gasteiger partial charge on any atom is 0.410 e. The van der Waals surface area contributed by atoms with Crippen molar-refractivity contribution in [1.29, 1.82) is 0 Å². The predicted molar refractivity (Wildman–Crippen MR) is 198 cm³/mol. The normalized spacial score (nSPS) is 22.8. The zero-order valence-electron chi connectivity index (χ0n) is 31.0. The second-order valence-corrected chi connectivity index (χ2v) is 15.6. The molecule has 3 aromatic rings. The number of likely N-dealkylation sites (tertiary alicyclic amines) is 2. The minimum Gasteiger partial charge on any atom is -0.474 e. The third kappa shape index (κ3) is 8.97. The Balaban J connectivity index is 0.950. The first-order valence-corrected chi connectivity index (χ1v) is 18.9. The first-order valence-electron chi connectivity index (χ1n) is 18.9. The Bertz CT molecular complexity index is 1690. The van der Waals surface area contributed by atoms with Gasteiger partial charge in [-0.25, -0.2) is 19.4 Å². The van der Waals surface area contributed by atoms with Crippen LogP contribution in [0.2, 0.25) is 0 Å². The molecule has 1 aromatic heterocycles. The summed E-state index contributed by atoms with van der Waals surface area (Å²) < 4.78 is 23.5. The monoisotopic (exact) mass is 725 g/mol. The Morgan fingerprint density at radius 1 is 0.755 bits per heavy atom. The van der Waals surface area contributed by atoms with E-state index >= 15 is 0 Å². The topological polar surface area (TPSA) is 114 Å². The van der Waals surface area contributed by atoms with Crippen molar-refractivity contribution < 1.29 is 33.3 Å². The number of anilines is 1. The Morgan fingerprint density at radius 2 is 1.36 bits per heavy atom. The number of carbonyl (C=O) groups is 3. The van der Waals surface area contributed by atoms with E-state index in [2.05, 4.69) is 9.88 Å². The highest BCUT2D eigenvalue weighted by Crippen LogP contribution is 2.38. The molecule has 12 nitrogen and oxygen atoms in total. The van der Waals surface area contributed by atoms with Gasteiger partial charge in [0, 0.05) is 81.1 Å². The molecule has 2 aromatic carbocycles. The van der Waals surface area contributed by atoms with Gasteiger partial charge in [-0.1, -0.05) is 60.7 Å². The van der Waals surface area contributed by atoms with Crippen molar-refractivity contribution in [3.8, 4) is 5.88 Å². The molecular weight excluding hydrogens is 674 g/mol. The van der Waals surface area contributed by atoms with E-state index in [1.807, 2.05) is 103 Å². The van der Waals surface area contributed by atoms with Crippen LogP contribution in [0.5, 0.6) is 5.88 Å². The summed E-state index contributed by atoms with van der Waals surface area (Å²) in [6, 6.07) is 23.6. The molecule has 4 aliphatic rings. The number of piperidine rings is 1. The van der Waals surface area contributed by atoms with E-state index in [1.165, 1.54) is 0 Å². The molecule has 1 aliphatic carbocycles. The third-order valence-corrected chi connectivity index (χ3v) is 10.6. The van der Waals surface area contributed by atoms with Crippen LogP contribution in [-0.2, 0) is 27.4 Å². The summed E-state index contributed by atoms with van der Waals surface area (Å²) in [6.45, 7) is 8.34. The standard InChI is InChI=1S/C41H51N5O7/c1-41(2,3)53-39(48)44-25-33-14-15-34(26-44)45(33)32-16-19-42-37(24-32)52-36-22-35(23-36)46(40(49)51-28-30-12-8-5-9-13-30)31-17-20-43(21-18-31)38(47)50-27-29-10-6-4-7-11-29/h4-13,16,19,24,31,33-36H,14-15,17-18,20-23,25-28H2,1-3H3. The highest BCUT2D eigenvalue weighted by atomic mass is 16.6. The van der Waals surface area contributed by atoms with Gasteiger partial charge in [0.2, 0.25) is 5.88 Å². The molecule has 0 N–H and O–H groups in total. The number of rotatable bonds is 9. The summed E-state index contributed by atoms with van der Waals surface area (Å²) in [7, 11) is 0. The number of nitrogens with zero attached hydrogens (tertiary/aromatic N) is 5. The third-order valence-electron chi connectivity index (χ3n) is 10.6. The summed E-state index contributed by atoms with van der Waals surface area (Å²) in [6.07, 6.45) is 5.36. The average molecular weight is 726 g/mol. The Hall–Kier alpha value is -5.00. The Kier molecular flexibility index (Phi) is 10.9. The van der Waals surface area contributed by atoms with Gasteiger partial charge in [0.05, 0.1) is 0 Å². The molecule has 3 amide bonds. The number of benzene rings is 2. The smallest absolute Gasteiger partial charge is 0.410 e. The van der Waals surface area contributed by atoms with Gasteiger partial charge in [-0.3, -0.25) is 0 Å². The highest BCUT2D eigenvalue weighted by Gasteiger charge is 2.44. The summed E-state index contributed by atoms with van der Waals surface area (Å²) in [5, 5.41) is 0. The second-order valence-electron chi connectivity index (χ2n) is 15.6. The van der Waals surface area contributed by atoms with Gasteiger partial charge >= 0.3 is 18.3 Å². The van der Waals surface area contributed by atoms with Crippen molar-refractivity contribution in [2.24, 2.45) is 0 Å². The molecule has 7 rings (SSSR count). The van der Waals surface area contributed by atoms with Gasteiger partial charge in [-0.2, -0.15) is 0 Å². The van der Waals surface area contributed by atoms with Crippen LogP contribution in [0.1, 0.15) is 70.4 Å². The van der Waals surface area contributed by atoms with Crippen molar-refractivity contribution in [2.45, 2.75) is 108 Å². The lowest BCUT2D eigenvalue weighted by molar-refractivity contribution is -0.0208. The number of carbonyl (C=O) groups excluding carboxylic acids is 3. The first-order chi connectivity index (χ1) is 25.6. The highest BCUT2D eigenvalue weighted by molar-refractivity contribution is 5.70. The minimum atomic E-state index is -0.527. The van der Waals surface area contributed by atoms with E-state index in [-0.39, 0.29) is 61.8 Å². The summed E-state index contributed by atoms with van der Waals surface area (Å²) >= 11 is 0. The number of piperazine rings is 1. The zero-order chi connectivity index (χ0) is 37.0. The van der Waals surface area contributed by atoms with Gasteiger partial charge in [0.1, 0.15) is 24.9 Å². The molecule has 4 heterocycles. The fraction of sp³-hybridized carbons (Fsp3) is 0.512. The SMILES string of the molecule is CC(C)(C)OC(=O)N1CC2CCC(C1)N2c1ccnc(OC2CC(N(C(=O)OCc3ccccc3)C3CCN(C(=O)OCc4ccccc4)CC3)C2)c1. The molecule has 0 spiro atoms. The molecule has 4 fully saturated rings. The zero-order valence-corrected chi connectivity index (χ0v) is 31.0. The van der Waals surface area contributed by atoms with E-state index in [0.29, 0.717) is 57.7 Å². The van der Waals surface area contributed by atoms with E-state index < -0.39 is 5.60 Å². The quantitative estimate of drug-likeness (QED) is 0.215. The maximum absolute atomic E-state index is 13.7.